The Balaban J connectivity index is 2.12. The van der Waals surface area contributed by atoms with E-state index in [0.717, 1.165) is 0 Å². The smallest absolute Gasteiger partial charge is 0.320 e. The molecule has 0 radical (unpaired) electrons. The summed E-state index contributed by atoms with van der Waals surface area (Å²) in [5.74, 6) is -3.78. The van der Waals surface area contributed by atoms with E-state index in [2.05, 4.69) is 10.6 Å². The zero-order valence-electron chi connectivity index (χ0n) is 16.5. The van der Waals surface area contributed by atoms with Gasteiger partial charge in [0.1, 0.15) is 23.3 Å². The summed E-state index contributed by atoms with van der Waals surface area (Å²) in [6, 6.07) is 16.0. The van der Waals surface area contributed by atoms with Gasteiger partial charge in [-0.25, -0.2) is 4.79 Å². The summed E-state index contributed by atoms with van der Waals surface area (Å²) in [6.45, 7) is 2.77. The Labute approximate surface area is 173 Å². The van der Waals surface area contributed by atoms with E-state index < -0.39 is 42.3 Å². The summed E-state index contributed by atoms with van der Waals surface area (Å²) in [4.78, 5) is 35.4. The first-order valence-corrected chi connectivity index (χ1v) is 9.24. The molecule has 0 aliphatic carbocycles. The Kier molecular flexibility index (Phi) is 8.04. The molecule has 0 heterocycles. The molecule has 4 atom stereocenters. The van der Waals surface area contributed by atoms with Crippen molar-refractivity contribution >= 4 is 18.0 Å². The number of ether oxygens (including phenoxy) is 2. The van der Waals surface area contributed by atoms with Crippen LogP contribution in [-0.2, 0) is 9.59 Å². The fourth-order valence-electron chi connectivity index (χ4n) is 2.36. The minimum atomic E-state index is -1.21. The van der Waals surface area contributed by atoms with E-state index in [0.29, 0.717) is 11.5 Å². The van der Waals surface area contributed by atoms with Crippen LogP contribution in [0.1, 0.15) is 13.8 Å². The van der Waals surface area contributed by atoms with Crippen LogP contribution in [0.4, 0.5) is 4.79 Å². The minimum Gasteiger partial charge on any atom is -0.481 e. The number of carbonyl (C=O) groups excluding carboxylic acids is 1. The van der Waals surface area contributed by atoms with E-state index in [4.69, 9.17) is 9.47 Å². The third-order valence-corrected chi connectivity index (χ3v) is 4.25. The number of carboxylic acids is 2. The molecule has 0 bridgehead atoms. The maximum atomic E-state index is 12.5. The highest BCUT2D eigenvalue weighted by Gasteiger charge is 2.31. The van der Waals surface area contributed by atoms with Gasteiger partial charge in [-0.15, -0.1) is 0 Å². The van der Waals surface area contributed by atoms with Crippen molar-refractivity contribution in [3.63, 3.8) is 0 Å². The molecule has 2 rings (SSSR count). The molecular weight excluding hydrogens is 392 g/mol. The summed E-state index contributed by atoms with van der Waals surface area (Å²) >= 11 is 0. The molecule has 9 heteroatoms. The molecular formula is C21H24N2O7. The standard InChI is InChI=1S/C21H24N2O7/c1-13(19(24)25)17(29-15-9-5-3-6-10-15)22-21(28)23-18(14(2)20(26)27)30-16-11-7-4-8-12-16/h3-14,17-18H,1-2H3,(H,24,25)(H,26,27)(H2,22,23,28). The number of aliphatic carboxylic acids is 2. The van der Waals surface area contributed by atoms with Crippen molar-refractivity contribution in [2.45, 2.75) is 26.3 Å². The van der Waals surface area contributed by atoms with Crippen molar-refractivity contribution in [3.8, 4) is 11.5 Å². The molecule has 2 aromatic rings. The predicted molar refractivity (Wildman–Crippen MR) is 107 cm³/mol. The van der Waals surface area contributed by atoms with Crippen LogP contribution in [0.3, 0.4) is 0 Å². The van der Waals surface area contributed by atoms with Gasteiger partial charge in [-0.1, -0.05) is 36.4 Å². The summed E-state index contributed by atoms with van der Waals surface area (Å²) in [6.07, 6.45) is -2.41. The van der Waals surface area contributed by atoms with E-state index >= 15 is 0 Å². The molecule has 2 aromatic carbocycles. The van der Waals surface area contributed by atoms with Crippen LogP contribution >= 0.6 is 0 Å². The zero-order chi connectivity index (χ0) is 22.1. The van der Waals surface area contributed by atoms with Gasteiger partial charge < -0.3 is 30.3 Å². The normalized spacial score (nSPS) is 14.5. The van der Waals surface area contributed by atoms with Crippen LogP contribution in [0.5, 0.6) is 11.5 Å². The third-order valence-electron chi connectivity index (χ3n) is 4.25. The van der Waals surface area contributed by atoms with Gasteiger partial charge in [-0.2, -0.15) is 0 Å². The number of amides is 2. The SMILES string of the molecule is CC(C(=O)O)C(NC(=O)NC(Oc1ccccc1)C(C)C(=O)O)Oc1ccccc1. The molecule has 4 unspecified atom stereocenters. The molecule has 0 aliphatic rings. The molecule has 0 saturated carbocycles. The fraction of sp³-hybridized carbons (Fsp3) is 0.286. The maximum Gasteiger partial charge on any atom is 0.320 e. The number of carboxylic acid groups (broad SMARTS) is 2. The number of urea groups is 1. The Morgan fingerprint density at radius 1 is 0.700 bits per heavy atom. The molecule has 30 heavy (non-hydrogen) atoms. The Bertz CT molecular complexity index is 775. The summed E-state index contributed by atoms with van der Waals surface area (Å²) < 4.78 is 11.2. The van der Waals surface area contributed by atoms with Crippen LogP contribution in [0, 0.1) is 11.8 Å². The molecule has 0 saturated heterocycles. The van der Waals surface area contributed by atoms with Gasteiger partial charge >= 0.3 is 18.0 Å². The van der Waals surface area contributed by atoms with Gasteiger partial charge in [-0.3, -0.25) is 9.59 Å². The number of benzene rings is 2. The molecule has 2 amide bonds. The van der Waals surface area contributed by atoms with E-state index in [1.807, 2.05) is 0 Å². The minimum absolute atomic E-state index is 0.367. The predicted octanol–water partition coefficient (Wildman–Crippen LogP) is 2.54. The summed E-state index contributed by atoms with van der Waals surface area (Å²) in [5, 5.41) is 23.5. The van der Waals surface area contributed by atoms with Crippen molar-refractivity contribution in [2.75, 3.05) is 0 Å². The molecule has 160 valence electrons. The average molecular weight is 416 g/mol. The first-order valence-electron chi connectivity index (χ1n) is 9.24. The molecule has 9 nitrogen and oxygen atoms in total. The van der Waals surface area contributed by atoms with Crippen LogP contribution in [0.2, 0.25) is 0 Å². The quantitative estimate of drug-likeness (QED) is 0.437. The van der Waals surface area contributed by atoms with Crippen LogP contribution < -0.4 is 20.1 Å². The van der Waals surface area contributed by atoms with E-state index in [9.17, 15) is 24.6 Å². The zero-order valence-corrected chi connectivity index (χ0v) is 16.5. The lowest BCUT2D eigenvalue weighted by Gasteiger charge is -2.27. The highest BCUT2D eigenvalue weighted by molar-refractivity contribution is 5.78. The van der Waals surface area contributed by atoms with E-state index in [1.54, 1.807) is 60.7 Å². The molecule has 0 spiro atoms. The van der Waals surface area contributed by atoms with Crippen molar-refractivity contribution in [2.24, 2.45) is 11.8 Å². The molecule has 4 N–H and O–H groups in total. The maximum absolute atomic E-state index is 12.5. The lowest BCUT2D eigenvalue weighted by atomic mass is 10.1. The van der Waals surface area contributed by atoms with Crippen molar-refractivity contribution in [1.29, 1.82) is 0 Å². The highest BCUT2D eigenvalue weighted by atomic mass is 16.5. The van der Waals surface area contributed by atoms with Gasteiger partial charge in [-0.05, 0) is 38.1 Å². The summed E-state index contributed by atoms with van der Waals surface area (Å²) in [7, 11) is 0. The molecule has 0 aliphatic heterocycles. The highest BCUT2D eigenvalue weighted by Crippen LogP contribution is 2.16. The van der Waals surface area contributed by atoms with Crippen molar-refractivity contribution in [1.82, 2.24) is 10.6 Å². The summed E-state index contributed by atoms with van der Waals surface area (Å²) in [5.41, 5.74) is 0. The third kappa shape index (κ3) is 6.69. The second-order valence-electron chi connectivity index (χ2n) is 6.57. The van der Waals surface area contributed by atoms with Gasteiger partial charge in [0.2, 0.25) is 0 Å². The van der Waals surface area contributed by atoms with Gasteiger partial charge in [0.25, 0.3) is 0 Å². The first kappa shape index (κ1) is 22.5. The average Bonchev–Trinajstić information content (AvgIpc) is 2.73. The van der Waals surface area contributed by atoms with Crippen LogP contribution in [0.25, 0.3) is 0 Å². The molecule has 0 aromatic heterocycles. The van der Waals surface area contributed by atoms with Crippen molar-refractivity contribution in [3.05, 3.63) is 60.7 Å². The lowest BCUT2D eigenvalue weighted by molar-refractivity contribution is -0.145. The Hall–Kier alpha value is -3.75. The fourth-order valence-corrected chi connectivity index (χ4v) is 2.36. The second-order valence-corrected chi connectivity index (χ2v) is 6.57. The number of para-hydroxylation sites is 2. The van der Waals surface area contributed by atoms with Gasteiger partial charge in [0, 0.05) is 0 Å². The Morgan fingerprint density at radius 2 is 1.03 bits per heavy atom. The van der Waals surface area contributed by atoms with Crippen LogP contribution in [0.15, 0.2) is 60.7 Å². The largest absolute Gasteiger partial charge is 0.481 e. The number of carbonyl (C=O) groups is 3. The topological polar surface area (TPSA) is 134 Å². The van der Waals surface area contributed by atoms with E-state index in [1.165, 1.54) is 13.8 Å². The first-order chi connectivity index (χ1) is 14.3. The number of nitrogens with one attached hydrogen (secondary N) is 2. The number of hydrogen-bond acceptors (Lipinski definition) is 5. The lowest BCUT2D eigenvalue weighted by Crippen LogP contribution is -2.55. The number of hydrogen-bond donors (Lipinski definition) is 4. The molecule has 0 fully saturated rings. The van der Waals surface area contributed by atoms with Gasteiger partial charge in [0.05, 0.1) is 0 Å². The second kappa shape index (κ2) is 10.7. The van der Waals surface area contributed by atoms with Gasteiger partial charge in [0.15, 0.2) is 12.5 Å². The van der Waals surface area contributed by atoms with Crippen LogP contribution in [-0.4, -0.2) is 40.6 Å². The van der Waals surface area contributed by atoms with E-state index in [-0.39, 0.29) is 0 Å². The number of rotatable bonds is 10. The van der Waals surface area contributed by atoms with Crippen molar-refractivity contribution < 1.29 is 34.1 Å². The Morgan fingerprint density at radius 3 is 1.33 bits per heavy atom. The monoisotopic (exact) mass is 416 g/mol.